The molecule has 0 amide bonds. The van der Waals surface area contributed by atoms with Gasteiger partial charge in [-0.3, -0.25) is 14.4 Å². The van der Waals surface area contributed by atoms with Gasteiger partial charge in [0.25, 0.3) is 0 Å². The molecule has 0 aliphatic rings. The minimum absolute atomic E-state index is 0.0753. The number of carbonyl (C=O) groups is 3. The predicted octanol–water partition coefficient (Wildman–Crippen LogP) is 13.2. The lowest BCUT2D eigenvalue weighted by atomic mass is 10.1. The summed E-state index contributed by atoms with van der Waals surface area (Å²) in [6.45, 7) is 6.53. The molecule has 1 atom stereocenters. The quantitative estimate of drug-likeness (QED) is 0.0275. The summed E-state index contributed by atoms with van der Waals surface area (Å²) in [4.78, 5) is 37.5. The molecule has 0 radical (unpaired) electrons. The van der Waals surface area contributed by atoms with Gasteiger partial charge < -0.3 is 14.2 Å². The van der Waals surface area contributed by atoms with Crippen LogP contribution in [0.3, 0.4) is 0 Å². The van der Waals surface area contributed by atoms with Gasteiger partial charge in [-0.15, -0.1) is 0 Å². The zero-order valence-corrected chi connectivity index (χ0v) is 33.2. The van der Waals surface area contributed by atoms with Crippen LogP contribution < -0.4 is 0 Å². The molecule has 0 aliphatic heterocycles. The lowest BCUT2D eigenvalue weighted by molar-refractivity contribution is -0.167. The third-order valence-corrected chi connectivity index (χ3v) is 9.18. The van der Waals surface area contributed by atoms with Crippen molar-refractivity contribution in [2.24, 2.45) is 0 Å². The van der Waals surface area contributed by atoms with Gasteiger partial charge in [-0.2, -0.15) is 0 Å². The van der Waals surface area contributed by atoms with Crippen LogP contribution in [-0.2, 0) is 28.6 Å². The van der Waals surface area contributed by atoms with Crippen molar-refractivity contribution in [2.75, 3.05) is 13.2 Å². The molecule has 0 saturated heterocycles. The van der Waals surface area contributed by atoms with Crippen LogP contribution in [0.1, 0.15) is 220 Å². The number of unbranched alkanes of at least 4 members (excludes halogenated alkanes) is 23. The fourth-order valence-corrected chi connectivity index (χ4v) is 5.89. The van der Waals surface area contributed by atoms with Gasteiger partial charge in [0.05, 0.1) is 0 Å². The minimum Gasteiger partial charge on any atom is -0.462 e. The first kappa shape index (κ1) is 47.9. The molecule has 292 valence electrons. The van der Waals surface area contributed by atoms with Gasteiger partial charge in [-0.1, -0.05) is 161 Å². The molecule has 0 rings (SSSR count). The average Bonchev–Trinajstić information content (AvgIpc) is 3.11. The molecule has 50 heavy (non-hydrogen) atoms. The minimum atomic E-state index is -0.770. The van der Waals surface area contributed by atoms with Crippen molar-refractivity contribution < 1.29 is 28.6 Å². The van der Waals surface area contributed by atoms with E-state index in [0.717, 1.165) is 77.0 Å². The van der Waals surface area contributed by atoms with E-state index >= 15 is 0 Å². The Balaban J connectivity index is 4.38. The molecule has 0 N–H and O–H groups in total. The highest BCUT2D eigenvalue weighted by Crippen LogP contribution is 2.13. The standard InChI is InChI=1S/C44H80O6/c1-4-7-10-13-16-19-21-23-25-28-31-34-37-43(46)49-40-41(39-48-42(45)36-33-30-27-24-18-15-12-9-6-3)50-44(47)38-35-32-29-26-22-20-17-14-11-8-5-2/h14,16-17,19,41H,4-13,15,18,20-40H2,1-3H3/b17-14-,19-16-/t41-/m1/s1. The first-order chi connectivity index (χ1) is 24.5. The monoisotopic (exact) mass is 705 g/mol. The summed E-state index contributed by atoms with van der Waals surface area (Å²) in [5, 5.41) is 0. The summed E-state index contributed by atoms with van der Waals surface area (Å²) in [5.41, 5.74) is 0. The highest BCUT2D eigenvalue weighted by Gasteiger charge is 2.19. The molecule has 0 bridgehead atoms. The van der Waals surface area contributed by atoms with Crippen molar-refractivity contribution >= 4 is 17.9 Å². The fraction of sp³-hybridized carbons (Fsp3) is 0.841. The van der Waals surface area contributed by atoms with Crippen LogP contribution in [0.4, 0.5) is 0 Å². The van der Waals surface area contributed by atoms with E-state index in [-0.39, 0.29) is 31.1 Å². The molecule has 6 nitrogen and oxygen atoms in total. The summed E-state index contributed by atoms with van der Waals surface area (Å²) in [7, 11) is 0. The first-order valence-electron chi connectivity index (χ1n) is 21.3. The van der Waals surface area contributed by atoms with Crippen molar-refractivity contribution in [3.8, 4) is 0 Å². The molecule has 0 aromatic heterocycles. The van der Waals surface area contributed by atoms with Crippen molar-refractivity contribution in [3.05, 3.63) is 24.3 Å². The van der Waals surface area contributed by atoms with Gasteiger partial charge in [0.15, 0.2) is 6.10 Å². The number of rotatable bonds is 38. The van der Waals surface area contributed by atoms with E-state index < -0.39 is 6.10 Å². The van der Waals surface area contributed by atoms with Crippen molar-refractivity contribution in [3.63, 3.8) is 0 Å². The van der Waals surface area contributed by atoms with Crippen LogP contribution in [0.5, 0.6) is 0 Å². The number of hydrogen-bond donors (Lipinski definition) is 0. The maximum absolute atomic E-state index is 12.6. The van der Waals surface area contributed by atoms with E-state index in [1.54, 1.807) is 0 Å². The largest absolute Gasteiger partial charge is 0.462 e. The molecule has 0 spiro atoms. The first-order valence-corrected chi connectivity index (χ1v) is 21.3. The van der Waals surface area contributed by atoms with Crippen molar-refractivity contribution in [1.29, 1.82) is 0 Å². The third kappa shape index (κ3) is 37.2. The Morgan fingerprint density at radius 3 is 1.10 bits per heavy atom. The van der Waals surface area contributed by atoms with Gasteiger partial charge in [0, 0.05) is 19.3 Å². The number of hydrogen-bond acceptors (Lipinski definition) is 6. The normalized spacial score (nSPS) is 12.1. The lowest BCUT2D eigenvalue weighted by Crippen LogP contribution is -2.30. The molecule has 0 saturated carbocycles. The molecular weight excluding hydrogens is 624 g/mol. The Hall–Kier alpha value is -2.11. The summed E-state index contributed by atoms with van der Waals surface area (Å²) < 4.78 is 16.6. The summed E-state index contributed by atoms with van der Waals surface area (Å²) >= 11 is 0. The van der Waals surface area contributed by atoms with Crippen LogP contribution in [0.15, 0.2) is 24.3 Å². The molecule has 0 aromatic rings. The molecule has 6 heteroatoms. The van der Waals surface area contributed by atoms with E-state index in [1.807, 2.05) is 0 Å². The highest BCUT2D eigenvalue weighted by atomic mass is 16.6. The smallest absolute Gasteiger partial charge is 0.306 e. The van der Waals surface area contributed by atoms with Crippen LogP contribution in [0, 0.1) is 0 Å². The van der Waals surface area contributed by atoms with Gasteiger partial charge in [0.2, 0.25) is 0 Å². The van der Waals surface area contributed by atoms with E-state index in [0.29, 0.717) is 19.3 Å². The van der Waals surface area contributed by atoms with Crippen LogP contribution in [0.25, 0.3) is 0 Å². The summed E-state index contributed by atoms with van der Waals surface area (Å²) in [6, 6.07) is 0. The Labute approximate surface area is 309 Å². The van der Waals surface area contributed by atoms with Gasteiger partial charge >= 0.3 is 17.9 Å². The predicted molar refractivity (Wildman–Crippen MR) is 210 cm³/mol. The topological polar surface area (TPSA) is 78.9 Å². The number of allylic oxidation sites excluding steroid dienone is 4. The van der Waals surface area contributed by atoms with E-state index in [2.05, 4.69) is 45.1 Å². The van der Waals surface area contributed by atoms with Crippen LogP contribution in [-0.4, -0.2) is 37.2 Å². The van der Waals surface area contributed by atoms with E-state index in [1.165, 1.54) is 103 Å². The van der Waals surface area contributed by atoms with Gasteiger partial charge in [-0.05, 0) is 64.2 Å². The van der Waals surface area contributed by atoms with E-state index in [9.17, 15) is 14.4 Å². The second-order valence-electron chi connectivity index (χ2n) is 14.3. The van der Waals surface area contributed by atoms with Crippen LogP contribution >= 0.6 is 0 Å². The number of carbonyl (C=O) groups excluding carboxylic acids is 3. The Morgan fingerprint density at radius 1 is 0.380 bits per heavy atom. The van der Waals surface area contributed by atoms with Crippen LogP contribution in [0.2, 0.25) is 0 Å². The molecule has 0 heterocycles. The molecular formula is C44H80O6. The Bertz CT molecular complexity index is 819. The molecule has 0 aliphatic carbocycles. The zero-order valence-electron chi connectivity index (χ0n) is 33.2. The molecule has 0 fully saturated rings. The zero-order chi connectivity index (χ0) is 36.6. The molecule has 0 aromatic carbocycles. The average molecular weight is 705 g/mol. The fourth-order valence-electron chi connectivity index (χ4n) is 5.89. The van der Waals surface area contributed by atoms with Gasteiger partial charge in [-0.25, -0.2) is 0 Å². The SMILES string of the molecule is CCCC/C=C\CCCCCCCC(=O)O[C@@H](COC(=O)CCCCCCC/C=C\CCCCC)COC(=O)CCCCCCCCCCC. The van der Waals surface area contributed by atoms with E-state index in [4.69, 9.17) is 14.2 Å². The highest BCUT2D eigenvalue weighted by molar-refractivity contribution is 5.71. The second-order valence-corrected chi connectivity index (χ2v) is 14.3. The summed E-state index contributed by atoms with van der Waals surface area (Å²) in [5.74, 6) is -0.898. The Kier molecular flexibility index (Phi) is 38.0. The van der Waals surface area contributed by atoms with Crippen molar-refractivity contribution in [2.45, 2.75) is 226 Å². The Morgan fingerprint density at radius 2 is 0.680 bits per heavy atom. The second kappa shape index (κ2) is 39.7. The number of ether oxygens (including phenoxy) is 3. The van der Waals surface area contributed by atoms with Crippen molar-refractivity contribution in [1.82, 2.24) is 0 Å². The molecule has 0 unspecified atom stereocenters. The lowest BCUT2D eigenvalue weighted by Gasteiger charge is -2.18. The number of esters is 3. The summed E-state index contributed by atoms with van der Waals surface area (Å²) in [6.07, 6.45) is 41.6. The third-order valence-electron chi connectivity index (χ3n) is 9.18. The van der Waals surface area contributed by atoms with Gasteiger partial charge in [0.1, 0.15) is 13.2 Å². The maximum Gasteiger partial charge on any atom is 0.306 e. The maximum atomic E-state index is 12.6.